The first-order valence-corrected chi connectivity index (χ1v) is 10.8. The summed E-state index contributed by atoms with van der Waals surface area (Å²) >= 11 is 0. The molecule has 5 rings (SSSR count). The van der Waals surface area contributed by atoms with Gasteiger partial charge in [-0.25, -0.2) is 9.37 Å². The molecule has 1 atom stereocenters. The molecule has 2 fully saturated rings. The molecule has 2 aliphatic rings. The van der Waals surface area contributed by atoms with Gasteiger partial charge in [0.15, 0.2) is 5.79 Å². The predicted octanol–water partition coefficient (Wildman–Crippen LogP) is 3.67. The van der Waals surface area contributed by atoms with Crippen molar-refractivity contribution >= 4 is 11.6 Å². The van der Waals surface area contributed by atoms with Crippen molar-refractivity contribution in [2.45, 2.75) is 37.9 Å². The Morgan fingerprint density at radius 3 is 2.61 bits per heavy atom. The fourth-order valence-electron chi connectivity index (χ4n) is 4.79. The number of benzene rings is 1. The molecule has 162 valence electrons. The molecule has 4 heterocycles. The van der Waals surface area contributed by atoms with Crippen LogP contribution in [-0.4, -0.2) is 52.3 Å². The number of ether oxygens (including phenoxy) is 2. The van der Waals surface area contributed by atoms with Gasteiger partial charge in [-0.2, -0.15) is 0 Å². The molecule has 2 aromatic heterocycles. The van der Waals surface area contributed by atoms with Crippen LogP contribution in [0, 0.1) is 12.7 Å². The van der Waals surface area contributed by atoms with Gasteiger partial charge in [0.2, 0.25) is 5.91 Å². The van der Waals surface area contributed by atoms with Gasteiger partial charge in [-0.3, -0.25) is 4.79 Å². The zero-order valence-electron chi connectivity index (χ0n) is 17.6. The van der Waals surface area contributed by atoms with E-state index in [0.29, 0.717) is 44.7 Å². The minimum Gasteiger partial charge on any atom is -0.347 e. The average Bonchev–Trinajstić information content (AvgIpc) is 3.41. The largest absolute Gasteiger partial charge is 0.347 e. The topological polar surface area (TPSA) is 56.1 Å². The molecular formula is C24H26FN3O3. The van der Waals surface area contributed by atoms with Gasteiger partial charge in [0.1, 0.15) is 11.5 Å². The van der Waals surface area contributed by atoms with Crippen LogP contribution in [0.4, 0.5) is 4.39 Å². The molecule has 0 bridgehead atoms. The Hall–Kier alpha value is -2.77. The van der Waals surface area contributed by atoms with E-state index in [9.17, 15) is 9.18 Å². The van der Waals surface area contributed by atoms with Crippen molar-refractivity contribution < 1.29 is 18.7 Å². The number of carbonyl (C=O) groups is 1. The van der Waals surface area contributed by atoms with Crippen LogP contribution in [0.1, 0.15) is 42.1 Å². The van der Waals surface area contributed by atoms with Gasteiger partial charge < -0.3 is 18.8 Å². The zero-order valence-corrected chi connectivity index (χ0v) is 17.6. The van der Waals surface area contributed by atoms with Crippen LogP contribution in [0.3, 0.4) is 0 Å². The molecule has 31 heavy (non-hydrogen) atoms. The molecule has 0 radical (unpaired) electrons. The zero-order chi connectivity index (χ0) is 21.4. The lowest BCUT2D eigenvalue weighted by Gasteiger charge is -2.38. The summed E-state index contributed by atoms with van der Waals surface area (Å²) in [5.74, 6) is -1.26. The van der Waals surface area contributed by atoms with Gasteiger partial charge in [-0.15, -0.1) is 0 Å². The summed E-state index contributed by atoms with van der Waals surface area (Å²) in [6, 6.07) is 12.5. The van der Waals surface area contributed by atoms with E-state index in [1.54, 1.807) is 18.3 Å². The second-order valence-electron chi connectivity index (χ2n) is 8.31. The highest BCUT2D eigenvalue weighted by Gasteiger charge is 2.41. The third kappa shape index (κ3) is 3.72. The van der Waals surface area contributed by atoms with Gasteiger partial charge in [-0.05, 0) is 30.7 Å². The van der Waals surface area contributed by atoms with Crippen LogP contribution in [-0.2, 0) is 14.3 Å². The lowest BCUT2D eigenvalue weighted by molar-refractivity contribution is -0.187. The number of aryl methyl sites for hydroxylation is 1. The highest BCUT2D eigenvalue weighted by atomic mass is 19.1. The Labute approximate surface area is 180 Å². The van der Waals surface area contributed by atoms with Crippen molar-refractivity contribution in [1.29, 1.82) is 0 Å². The maximum absolute atomic E-state index is 14.8. The maximum Gasteiger partial charge on any atom is 0.223 e. The van der Waals surface area contributed by atoms with Crippen molar-refractivity contribution in [2.75, 3.05) is 26.3 Å². The van der Waals surface area contributed by atoms with Gasteiger partial charge >= 0.3 is 0 Å². The first-order valence-electron chi connectivity index (χ1n) is 10.8. The number of pyridine rings is 1. The number of carbonyl (C=O) groups excluding carboxylic acids is 1. The molecule has 1 aromatic carbocycles. The lowest BCUT2D eigenvalue weighted by atomic mass is 9.91. The molecule has 2 aliphatic heterocycles. The number of rotatable bonds is 4. The normalized spacial score (nSPS) is 19.2. The number of hydrogen-bond acceptors (Lipinski definition) is 4. The Morgan fingerprint density at radius 2 is 1.87 bits per heavy atom. The quantitative estimate of drug-likeness (QED) is 0.643. The number of amides is 1. The van der Waals surface area contributed by atoms with Crippen molar-refractivity contribution in [2.24, 2.45) is 0 Å². The third-order valence-electron chi connectivity index (χ3n) is 6.46. The smallest absolute Gasteiger partial charge is 0.223 e. The van der Waals surface area contributed by atoms with Gasteiger partial charge in [0.25, 0.3) is 0 Å². The van der Waals surface area contributed by atoms with E-state index in [1.165, 1.54) is 6.07 Å². The van der Waals surface area contributed by atoms with Crippen LogP contribution in [0.5, 0.6) is 0 Å². The average molecular weight is 423 g/mol. The molecule has 2 saturated heterocycles. The van der Waals surface area contributed by atoms with Crippen molar-refractivity contribution in [3.63, 3.8) is 0 Å². The second-order valence-corrected chi connectivity index (χ2v) is 8.31. The first-order chi connectivity index (χ1) is 15.1. The minimum absolute atomic E-state index is 0.00429. The minimum atomic E-state index is -0.527. The Balaban J connectivity index is 1.44. The number of likely N-dealkylation sites (tertiary alicyclic amines) is 1. The number of aromatic nitrogens is 2. The van der Waals surface area contributed by atoms with Crippen molar-refractivity contribution in [3.05, 3.63) is 71.4 Å². The molecule has 1 unspecified atom stereocenters. The monoisotopic (exact) mass is 423 g/mol. The van der Waals surface area contributed by atoms with E-state index in [-0.39, 0.29) is 18.1 Å². The number of hydrogen-bond donors (Lipinski definition) is 0. The maximum atomic E-state index is 14.8. The third-order valence-corrected chi connectivity index (χ3v) is 6.46. The summed E-state index contributed by atoms with van der Waals surface area (Å²) in [6.45, 7) is 4.36. The van der Waals surface area contributed by atoms with E-state index in [2.05, 4.69) is 4.98 Å². The Kier molecular flexibility index (Phi) is 5.24. The number of nitrogens with zero attached hydrogens (tertiary/aromatic N) is 3. The molecule has 0 aliphatic carbocycles. The van der Waals surface area contributed by atoms with Crippen LogP contribution < -0.4 is 0 Å². The van der Waals surface area contributed by atoms with Gasteiger partial charge in [0, 0.05) is 50.2 Å². The van der Waals surface area contributed by atoms with Gasteiger partial charge in [0.05, 0.1) is 18.9 Å². The summed E-state index contributed by atoms with van der Waals surface area (Å²) in [5.41, 5.74) is 3.12. The Morgan fingerprint density at radius 1 is 1.13 bits per heavy atom. The molecule has 1 spiro atoms. The van der Waals surface area contributed by atoms with E-state index in [1.807, 2.05) is 40.5 Å². The number of piperidine rings is 1. The highest BCUT2D eigenvalue weighted by Crippen LogP contribution is 2.34. The van der Waals surface area contributed by atoms with Gasteiger partial charge in [-0.1, -0.05) is 24.3 Å². The van der Waals surface area contributed by atoms with Crippen molar-refractivity contribution in [3.8, 4) is 0 Å². The van der Waals surface area contributed by atoms with E-state index in [0.717, 1.165) is 17.0 Å². The SMILES string of the molecule is Cc1cccc2ncc(C(CC(=O)N3CCC4(CC3)OCCO4)c3ccccc3F)n12. The predicted molar refractivity (Wildman–Crippen MR) is 113 cm³/mol. The van der Waals surface area contributed by atoms with E-state index in [4.69, 9.17) is 9.47 Å². The summed E-state index contributed by atoms with van der Waals surface area (Å²) in [6.07, 6.45) is 3.27. The van der Waals surface area contributed by atoms with Crippen LogP contribution in [0.2, 0.25) is 0 Å². The standard InChI is InChI=1S/C24H26FN3O3/c1-17-5-4-8-22-26-16-21(28(17)22)19(18-6-2-3-7-20(18)25)15-23(29)27-11-9-24(10-12-27)30-13-14-31-24/h2-8,16,19H,9-15H2,1H3. The number of halogens is 1. The molecule has 6 nitrogen and oxygen atoms in total. The van der Waals surface area contributed by atoms with Crippen LogP contribution >= 0.6 is 0 Å². The first kappa shape index (κ1) is 20.2. The van der Waals surface area contributed by atoms with E-state index < -0.39 is 11.7 Å². The lowest BCUT2D eigenvalue weighted by Crippen LogP contribution is -2.47. The molecule has 0 N–H and O–H groups in total. The summed E-state index contributed by atoms with van der Waals surface area (Å²) in [4.78, 5) is 19.7. The van der Waals surface area contributed by atoms with Crippen LogP contribution in [0.15, 0.2) is 48.7 Å². The molecule has 7 heteroatoms. The molecule has 0 saturated carbocycles. The Bertz CT molecular complexity index is 1100. The summed E-state index contributed by atoms with van der Waals surface area (Å²) in [7, 11) is 0. The number of fused-ring (bicyclic) bond motifs is 1. The fraction of sp³-hybridized carbons (Fsp3) is 0.417. The molecular weight excluding hydrogens is 397 g/mol. The molecule has 1 amide bonds. The summed E-state index contributed by atoms with van der Waals surface area (Å²) in [5, 5.41) is 0. The van der Waals surface area contributed by atoms with Crippen LogP contribution in [0.25, 0.3) is 5.65 Å². The number of imidazole rings is 1. The second kappa shape index (κ2) is 8.05. The summed E-state index contributed by atoms with van der Waals surface area (Å²) < 4.78 is 28.4. The van der Waals surface area contributed by atoms with E-state index >= 15 is 0 Å². The van der Waals surface area contributed by atoms with Crippen molar-refractivity contribution in [1.82, 2.24) is 14.3 Å². The molecule has 3 aromatic rings. The fourth-order valence-corrected chi connectivity index (χ4v) is 4.79. The highest BCUT2D eigenvalue weighted by molar-refractivity contribution is 5.78.